The van der Waals surface area contributed by atoms with E-state index in [1.54, 1.807) is 47.4 Å². The molecule has 3 aromatic rings. The highest BCUT2D eigenvalue weighted by Gasteiger charge is 2.38. The summed E-state index contributed by atoms with van der Waals surface area (Å²) < 4.78 is 40.5. The number of carbonyl (C=O) groups is 2. The topological polar surface area (TPSA) is 103 Å². The molecule has 0 aliphatic carbocycles. The van der Waals surface area contributed by atoms with Crippen molar-refractivity contribution in [2.24, 2.45) is 0 Å². The molecule has 0 spiro atoms. The third-order valence-corrected chi connectivity index (χ3v) is 6.20. The van der Waals surface area contributed by atoms with E-state index < -0.39 is 24.0 Å². The first-order chi connectivity index (χ1) is 17.6. The maximum atomic E-state index is 13.5. The van der Waals surface area contributed by atoms with Gasteiger partial charge in [0.25, 0.3) is 11.8 Å². The summed E-state index contributed by atoms with van der Waals surface area (Å²) in [5, 5.41) is 18.5. The van der Waals surface area contributed by atoms with Crippen LogP contribution in [0, 0.1) is 11.3 Å². The Morgan fingerprint density at radius 3 is 2.62 bits per heavy atom. The molecule has 0 saturated carbocycles. The molecule has 0 fully saturated rings. The fourth-order valence-corrected chi connectivity index (χ4v) is 4.31. The van der Waals surface area contributed by atoms with Crippen molar-refractivity contribution in [3.63, 3.8) is 0 Å². The van der Waals surface area contributed by atoms with Crippen molar-refractivity contribution in [1.29, 1.82) is 5.26 Å². The minimum absolute atomic E-state index is 0.0336. The highest BCUT2D eigenvalue weighted by Crippen LogP contribution is 2.28. The number of nitrogens with one attached hydrogen (secondary N) is 2. The van der Waals surface area contributed by atoms with Gasteiger partial charge in [0.1, 0.15) is 11.7 Å². The largest absolute Gasteiger partial charge is 0.403 e. The average molecular weight is 511 g/mol. The summed E-state index contributed by atoms with van der Waals surface area (Å²) in [6, 6.07) is 13.3. The van der Waals surface area contributed by atoms with Gasteiger partial charge >= 0.3 is 6.18 Å². The second-order valence-electron chi connectivity index (χ2n) is 8.81. The summed E-state index contributed by atoms with van der Waals surface area (Å²) in [5.41, 5.74) is 2.24. The van der Waals surface area contributed by atoms with Crippen molar-refractivity contribution < 1.29 is 22.8 Å². The first-order valence-corrected chi connectivity index (χ1v) is 11.7. The van der Waals surface area contributed by atoms with Crippen molar-refractivity contribution >= 4 is 23.2 Å². The minimum atomic E-state index is -4.32. The third kappa shape index (κ3) is 5.49. The number of fused-ring (bicyclic) bond motifs is 1. The summed E-state index contributed by atoms with van der Waals surface area (Å²) >= 11 is 0. The van der Waals surface area contributed by atoms with Crippen LogP contribution in [-0.2, 0) is 13.1 Å². The number of alkyl halides is 3. The van der Waals surface area contributed by atoms with E-state index in [4.69, 9.17) is 5.26 Å². The average Bonchev–Trinajstić information content (AvgIpc) is 3.29. The van der Waals surface area contributed by atoms with Gasteiger partial charge in [-0.05, 0) is 49.2 Å². The molecule has 2 N–H and O–H groups in total. The smallest absolute Gasteiger partial charge is 0.322 e. The lowest BCUT2D eigenvalue weighted by atomic mass is 10.1. The number of nitrogens with zero attached hydrogens (tertiary/aromatic N) is 4. The van der Waals surface area contributed by atoms with Gasteiger partial charge in [0, 0.05) is 17.9 Å². The van der Waals surface area contributed by atoms with E-state index in [9.17, 15) is 22.8 Å². The summed E-state index contributed by atoms with van der Waals surface area (Å²) in [5.74, 6) is -0.947. The molecule has 1 aliphatic heterocycles. The van der Waals surface area contributed by atoms with Gasteiger partial charge in [0.15, 0.2) is 0 Å². The summed E-state index contributed by atoms with van der Waals surface area (Å²) in [7, 11) is 0. The van der Waals surface area contributed by atoms with Crippen LogP contribution in [0.15, 0.2) is 54.7 Å². The van der Waals surface area contributed by atoms with Crippen LogP contribution in [0.4, 0.5) is 24.5 Å². The number of nitriles is 1. The molecule has 37 heavy (non-hydrogen) atoms. The maximum Gasteiger partial charge on any atom is 0.403 e. The van der Waals surface area contributed by atoms with Gasteiger partial charge in [-0.3, -0.25) is 14.3 Å². The van der Waals surface area contributed by atoms with Gasteiger partial charge < -0.3 is 15.5 Å². The number of amides is 2. The Morgan fingerprint density at radius 1 is 1.24 bits per heavy atom. The zero-order valence-electron chi connectivity index (χ0n) is 20.2. The van der Waals surface area contributed by atoms with Crippen LogP contribution in [0.3, 0.4) is 0 Å². The van der Waals surface area contributed by atoms with Crippen LogP contribution >= 0.6 is 0 Å². The third-order valence-electron chi connectivity index (χ3n) is 6.20. The number of aromatic nitrogens is 2. The molecule has 8 nitrogen and oxygen atoms in total. The lowest BCUT2D eigenvalue weighted by Gasteiger charge is -2.34. The molecule has 0 saturated heterocycles. The second-order valence-corrected chi connectivity index (χ2v) is 8.81. The van der Waals surface area contributed by atoms with Gasteiger partial charge in [-0.15, -0.1) is 0 Å². The van der Waals surface area contributed by atoms with E-state index in [1.807, 2.05) is 13.0 Å². The fourth-order valence-electron chi connectivity index (χ4n) is 4.31. The van der Waals surface area contributed by atoms with Crippen molar-refractivity contribution in [1.82, 2.24) is 15.1 Å². The van der Waals surface area contributed by atoms with Crippen LogP contribution in [0.25, 0.3) is 0 Å². The molecule has 1 aliphatic rings. The zero-order valence-corrected chi connectivity index (χ0v) is 20.2. The van der Waals surface area contributed by atoms with Crippen molar-refractivity contribution in [3.05, 3.63) is 77.1 Å². The molecule has 2 heterocycles. The van der Waals surface area contributed by atoms with Gasteiger partial charge in [0.2, 0.25) is 0 Å². The highest BCUT2D eigenvalue weighted by molar-refractivity contribution is 6.15. The first kappa shape index (κ1) is 25.9. The molecule has 4 rings (SSSR count). The Morgan fingerprint density at radius 2 is 1.97 bits per heavy atom. The summed E-state index contributed by atoms with van der Waals surface area (Å²) in [6.07, 6.45) is -3.06. The Hall–Kier alpha value is -4.17. The van der Waals surface area contributed by atoms with Crippen molar-refractivity contribution in [2.45, 2.75) is 51.6 Å². The Bertz CT molecular complexity index is 1340. The number of hydrogen-bond donors (Lipinski definition) is 2. The normalized spacial score (nSPS) is 16.2. The van der Waals surface area contributed by atoms with Gasteiger partial charge in [-0.25, -0.2) is 0 Å². The molecule has 0 bridgehead atoms. The van der Waals surface area contributed by atoms with Gasteiger partial charge in [-0.2, -0.15) is 23.5 Å². The molecule has 192 valence electrons. The Balaban J connectivity index is 1.52. The number of halogens is 3. The predicted molar refractivity (Wildman–Crippen MR) is 131 cm³/mol. The van der Waals surface area contributed by atoms with Crippen LogP contribution in [-0.4, -0.2) is 39.9 Å². The number of carbonyl (C=O) groups excluding carboxylic acids is 2. The van der Waals surface area contributed by atoms with E-state index in [1.165, 1.54) is 23.9 Å². The lowest BCUT2D eigenvalue weighted by Crippen LogP contribution is -2.47. The number of anilines is 2. The summed E-state index contributed by atoms with van der Waals surface area (Å²) in [6.45, 7) is 3.71. The minimum Gasteiger partial charge on any atom is -0.322 e. The molecule has 2 aromatic carbocycles. The highest BCUT2D eigenvalue weighted by atomic mass is 19.4. The van der Waals surface area contributed by atoms with Gasteiger partial charge in [-0.1, -0.05) is 25.1 Å². The Labute approximate surface area is 211 Å². The van der Waals surface area contributed by atoms with E-state index in [-0.39, 0.29) is 30.3 Å². The molecule has 1 aromatic heterocycles. The maximum absolute atomic E-state index is 13.5. The number of hydrogen-bond acceptors (Lipinski definition) is 5. The van der Waals surface area contributed by atoms with Crippen molar-refractivity contribution in [3.8, 4) is 6.07 Å². The lowest BCUT2D eigenvalue weighted by molar-refractivity contribution is -0.156. The van der Waals surface area contributed by atoms with E-state index in [0.717, 1.165) is 0 Å². The molecule has 11 heteroatoms. The molecule has 2 amide bonds. The summed E-state index contributed by atoms with van der Waals surface area (Å²) in [4.78, 5) is 28.0. The van der Waals surface area contributed by atoms with Gasteiger partial charge in [0.05, 0.1) is 36.0 Å². The SMILES string of the molecule is CCC(NCc1ccc(N2C(=O)c3c(C(=O)Nc4cccc(C#N)c4)cnn3CC2C)cc1)C(F)(F)F. The van der Waals surface area contributed by atoms with Crippen LogP contribution in [0.1, 0.15) is 52.2 Å². The second kappa shape index (κ2) is 10.4. The van der Waals surface area contributed by atoms with E-state index >= 15 is 0 Å². The fraction of sp³-hybridized carbons (Fsp3) is 0.308. The first-order valence-electron chi connectivity index (χ1n) is 11.7. The molecule has 0 radical (unpaired) electrons. The predicted octanol–water partition coefficient (Wildman–Crippen LogP) is 4.49. The zero-order chi connectivity index (χ0) is 26.7. The van der Waals surface area contributed by atoms with E-state index in [0.29, 0.717) is 29.0 Å². The molecular weight excluding hydrogens is 485 g/mol. The molecule has 2 unspecified atom stereocenters. The molecular formula is C26H25F3N6O2. The Kier molecular flexibility index (Phi) is 7.31. The van der Waals surface area contributed by atoms with E-state index in [2.05, 4.69) is 15.7 Å². The van der Waals surface area contributed by atoms with Crippen LogP contribution in [0.2, 0.25) is 0 Å². The number of rotatable bonds is 7. The van der Waals surface area contributed by atoms with Crippen LogP contribution < -0.4 is 15.5 Å². The number of benzene rings is 2. The standard InChI is InChI=1S/C26H25F3N6O2/c1-3-22(26(27,28)29)31-13-17-7-9-20(10-8-17)35-16(2)15-34-23(25(35)37)21(14-32-34)24(36)33-19-6-4-5-18(11-19)12-30/h4-11,14,16,22,31H,3,13,15H2,1-2H3,(H,33,36). The molecule has 2 atom stereocenters. The van der Waals surface area contributed by atoms with Crippen molar-refractivity contribution in [2.75, 3.05) is 10.2 Å². The quantitative estimate of drug-likeness (QED) is 0.488. The monoisotopic (exact) mass is 510 g/mol. The van der Waals surface area contributed by atoms with Crippen LogP contribution in [0.5, 0.6) is 0 Å².